The molecule has 1 fully saturated rings. The highest BCUT2D eigenvalue weighted by Crippen LogP contribution is 2.33. The van der Waals surface area contributed by atoms with E-state index in [-0.39, 0.29) is 17.4 Å². The number of hydrogen-bond acceptors (Lipinski definition) is 3. The van der Waals surface area contributed by atoms with Gasteiger partial charge in [-0.1, -0.05) is 31.5 Å². The minimum absolute atomic E-state index is 0.0346. The number of rotatable bonds is 9. The Morgan fingerprint density at radius 3 is 2.31 bits per heavy atom. The van der Waals surface area contributed by atoms with Crippen LogP contribution in [0.1, 0.15) is 31.7 Å². The molecule has 0 spiro atoms. The minimum atomic E-state index is -4.84. The Morgan fingerprint density at radius 2 is 1.72 bits per heavy atom. The maximum absolute atomic E-state index is 14.6. The third kappa shape index (κ3) is 6.16. The Balaban J connectivity index is 1.62. The van der Waals surface area contributed by atoms with Crippen molar-refractivity contribution < 1.29 is 40.6 Å². The van der Waals surface area contributed by atoms with Crippen molar-refractivity contribution in [3.8, 4) is 16.9 Å². The lowest BCUT2D eigenvalue weighted by molar-refractivity contribution is -0.254. The zero-order valence-corrected chi connectivity index (χ0v) is 17.4. The van der Waals surface area contributed by atoms with Gasteiger partial charge in [-0.3, -0.25) is 0 Å². The van der Waals surface area contributed by atoms with E-state index in [0.29, 0.717) is 37.5 Å². The third-order valence-electron chi connectivity index (χ3n) is 5.18. The molecule has 2 aromatic rings. The van der Waals surface area contributed by atoms with Crippen LogP contribution in [0.5, 0.6) is 5.75 Å². The number of benzene rings is 2. The molecule has 32 heavy (non-hydrogen) atoms. The third-order valence-corrected chi connectivity index (χ3v) is 5.18. The van der Waals surface area contributed by atoms with Gasteiger partial charge in [-0.2, -0.15) is 17.6 Å². The minimum Gasteiger partial charge on any atom is -0.425 e. The van der Waals surface area contributed by atoms with Crippen molar-refractivity contribution in [1.29, 1.82) is 0 Å². The van der Waals surface area contributed by atoms with Crippen LogP contribution in [0.2, 0.25) is 0 Å². The molecular formula is C23H24F6O3. The van der Waals surface area contributed by atoms with Crippen molar-refractivity contribution in [2.75, 3.05) is 13.2 Å². The second-order valence-electron chi connectivity index (χ2n) is 7.71. The van der Waals surface area contributed by atoms with E-state index in [2.05, 4.69) is 11.7 Å². The van der Waals surface area contributed by atoms with Crippen molar-refractivity contribution in [2.45, 2.75) is 51.4 Å². The molecule has 0 aromatic heterocycles. The Kier molecular flexibility index (Phi) is 8.05. The van der Waals surface area contributed by atoms with Crippen molar-refractivity contribution in [3.63, 3.8) is 0 Å². The zero-order valence-electron chi connectivity index (χ0n) is 17.4. The summed E-state index contributed by atoms with van der Waals surface area (Å²) >= 11 is 0. The molecule has 3 nitrogen and oxygen atoms in total. The molecule has 0 aliphatic carbocycles. The van der Waals surface area contributed by atoms with Crippen LogP contribution in [0.15, 0.2) is 36.4 Å². The van der Waals surface area contributed by atoms with Gasteiger partial charge in [-0.25, -0.2) is 8.78 Å². The van der Waals surface area contributed by atoms with Gasteiger partial charge < -0.3 is 14.2 Å². The quantitative estimate of drug-likeness (QED) is 0.394. The fourth-order valence-electron chi connectivity index (χ4n) is 3.50. The van der Waals surface area contributed by atoms with E-state index >= 15 is 0 Å². The molecular weight excluding hydrogens is 438 g/mol. The predicted octanol–water partition coefficient (Wildman–Crippen LogP) is 6.59. The van der Waals surface area contributed by atoms with Crippen LogP contribution >= 0.6 is 0 Å². The first kappa shape index (κ1) is 24.4. The number of hydrogen-bond donors (Lipinski definition) is 0. The van der Waals surface area contributed by atoms with Crippen LogP contribution < -0.4 is 4.74 Å². The lowest BCUT2D eigenvalue weighted by Gasteiger charge is -2.29. The summed E-state index contributed by atoms with van der Waals surface area (Å²) in [5.74, 6) is -2.60. The van der Waals surface area contributed by atoms with Crippen molar-refractivity contribution in [2.24, 2.45) is 5.92 Å². The normalized spacial score (nSPS) is 19.4. The Bertz CT molecular complexity index is 897. The van der Waals surface area contributed by atoms with Gasteiger partial charge in [-0.05, 0) is 42.2 Å². The molecule has 2 aromatic carbocycles. The number of alkyl halides is 4. The van der Waals surface area contributed by atoms with Crippen LogP contribution in [0.3, 0.4) is 0 Å². The second kappa shape index (κ2) is 10.6. The molecule has 176 valence electrons. The number of aryl methyl sites for hydroxylation is 1. The molecule has 0 saturated carbocycles. The Labute approximate surface area is 182 Å². The van der Waals surface area contributed by atoms with E-state index in [1.165, 1.54) is 12.1 Å². The monoisotopic (exact) mass is 462 g/mol. The lowest BCUT2D eigenvalue weighted by Crippen LogP contribution is -2.33. The smallest absolute Gasteiger partial charge is 0.425 e. The van der Waals surface area contributed by atoms with Gasteiger partial charge in [0.2, 0.25) is 0 Å². The zero-order chi connectivity index (χ0) is 23.3. The maximum atomic E-state index is 14.6. The summed E-state index contributed by atoms with van der Waals surface area (Å²) < 4.78 is 94.3. The topological polar surface area (TPSA) is 27.7 Å². The van der Waals surface area contributed by atoms with Crippen LogP contribution in [0, 0.1) is 17.6 Å². The molecule has 0 radical (unpaired) electrons. The summed E-state index contributed by atoms with van der Waals surface area (Å²) in [6, 6.07) is 7.03. The summed E-state index contributed by atoms with van der Waals surface area (Å²) in [6.45, 7) is 3.38. The van der Waals surface area contributed by atoms with Gasteiger partial charge in [0.05, 0.1) is 13.2 Å². The standard InChI is InChI=1S/C23H24F6O3/c1-2-3-15-12-30-21(31-13-15)9-5-14-4-7-17(18(24)10-14)16-6-8-20(19(25)11-16)32-23(28,29)22(26)27/h4,6-8,10-11,15,21-22H,2-3,5,9,12-13H2,1H3. The fourth-order valence-corrected chi connectivity index (χ4v) is 3.50. The predicted molar refractivity (Wildman–Crippen MR) is 106 cm³/mol. The van der Waals surface area contributed by atoms with Crippen LogP contribution in [0.25, 0.3) is 11.1 Å². The molecule has 3 rings (SSSR count). The molecule has 0 bridgehead atoms. The molecule has 9 heteroatoms. The van der Waals surface area contributed by atoms with E-state index in [9.17, 15) is 26.3 Å². The van der Waals surface area contributed by atoms with Crippen LogP contribution in [0.4, 0.5) is 26.3 Å². The van der Waals surface area contributed by atoms with Gasteiger partial charge in [-0.15, -0.1) is 0 Å². The van der Waals surface area contributed by atoms with E-state index in [0.717, 1.165) is 31.0 Å². The van der Waals surface area contributed by atoms with Crippen molar-refractivity contribution in [1.82, 2.24) is 0 Å². The van der Waals surface area contributed by atoms with Crippen molar-refractivity contribution in [3.05, 3.63) is 53.6 Å². The van der Waals surface area contributed by atoms with Crippen LogP contribution in [-0.2, 0) is 15.9 Å². The molecule has 0 unspecified atom stereocenters. The fraction of sp³-hybridized carbons (Fsp3) is 0.478. The first-order valence-electron chi connectivity index (χ1n) is 10.4. The maximum Gasteiger partial charge on any atom is 0.461 e. The summed E-state index contributed by atoms with van der Waals surface area (Å²) in [5.41, 5.74) is 0.777. The van der Waals surface area contributed by atoms with Gasteiger partial charge >= 0.3 is 12.5 Å². The van der Waals surface area contributed by atoms with E-state index in [1.54, 1.807) is 6.07 Å². The summed E-state index contributed by atoms with van der Waals surface area (Å²) in [7, 11) is 0. The van der Waals surface area contributed by atoms with E-state index in [4.69, 9.17) is 9.47 Å². The summed E-state index contributed by atoms with van der Waals surface area (Å²) in [4.78, 5) is 0. The van der Waals surface area contributed by atoms with Crippen molar-refractivity contribution >= 4 is 0 Å². The largest absolute Gasteiger partial charge is 0.461 e. The molecule has 1 aliphatic rings. The van der Waals surface area contributed by atoms with Gasteiger partial charge in [0.1, 0.15) is 5.82 Å². The van der Waals surface area contributed by atoms with Gasteiger partial charge in [0, 0.05) is 17.9 Å². The molecule has 0 atom stereocenters. The number of ether oxygens (including phenoxy) is 3. The summed E-state index contributed by atoms with van der Waals surface area (Å²) in [5, 5.41) is 0. The molecule has 1 heterocycles. The highest BCUT2D eigenvalue weighted by molar-refractivity contribution is 5.65. The highest BCUT2D eigenvalue weighted by atomic mass is 19.3. The highest BCUT2D eigenvalue weighted by Gasteiger charge is 2.44. The molecule has 1 aliphatic heterocycles. The van der Waals surface area contributed by atoms with Gasteiger partial charge in [0.25, 0.3) is 0 Å². The Hall–Kier alpha value is -2.26. The summed E-state index contributed by atoms with van der Waals surface area (Å²) in [6.07, 6.45) is -6.14. The average Bonchev–Trinajstić information content (AvgIpc) is 2.75. The molecule has 1 saturated heterocycles. The SMILES string of the molecule is CCCC1COC(CCc2ccc(-c3ccc(OC(F)(F)C(F)F)c(F)c3)c(F)c2)OC1. The number of halogens is 6. The lowest BCUT2D eigenvalue weighted by atomic mass is 10.0. The molecule has 0 amide bonds. The van der Waals surface area contributed by atoms with Gasteiger partial charge in [0.15, 0.2) is 17.9 Å². The van der Waals surface area contributed by atoms with E-state index < -0.39 is 29.9 Å². The Morgan fingerprint density at radius 1 is 1.00 bits per heavy atom. The first-order valence-corrected chi connectivity index (χ1v) is 10.4. The second-order valence-corrected chi connectivity index (χ2v) is 7.71. The average molecular weight is 462 g/mol. The van der Waals surface area contributed by atoms with E-state index in [1.807, 2.05) is 0 Å². The first-order chi connectivity index (χ1) is 15.2. The molecule has 0 N–H and O–H groups in total. The van der Waals surface area contributed by atoms with Crippen LogP contribution in [-0.4, -0.2) is 32.0 Å².